The highest BCUT2D eigenvalue weighted by atomic mass is 32.1. The number of oxime groups is 1. The van der Waals surface area contributed by atoms with Crippen molar-refractivity contribution in [3.8, 4) is 0 Å². The Morgan fingerprint density at radius 1 is 1.81 bits per heavy atom. The van der Waals surface area contributed by atoms with Gasteiger partial charge < -0.3 is 15.3 Å². The van der Waals surface area contributed by atoms with Crippen LogP contribution >= 0.6 is 11.3 Å². The molecule has 0 bridgehead atoms. The molecule has 0 amide bonds. The molecule has 2 N–H and O–H groups in total. The first-order chi connectivity index (χ1) is 7.72. The quantitative estimate of drug-likeness (QED) is 0.791. The number of carbonyl (C=O) groups excluding carboxylic acids is 1. The van der Waals surface area contributed by atoms with Gasteiger partial charge in [-0.05, 0) is 11.4 Å². The van der Waals surface area contributed by atoms with Gasteiger partial charge in [0.05, 0.1) is 12.0 Å². The molecule has 1 aliphatic rings. The summed E-state index contributed by atoms with van der Waals surface area (Å²) < 4.78 is 4.68. The number of rotatable bonds is 3. The van der Waals surface area contributed by atoms with E-state index >= 15 is 0 Å². The molecule has 0 radical (unpaired) electrons. The number of nitrogens with two attached hydrogens (primary N) is 1. The number of esters is 1. The lowest BCUT2D eigenvalue weighted by molar-refractivity contribution is -0.165. The summed E-state index contributed by atoms with van der Waals surface area (Å²) >= 11 is 1.55. The molecule has 1 unspecified atom stereocenters. The van der Waals surface area contributed by atoms with Crippen molar-refractivity contribution in [2.24, 2.45) is 10.9 Å². The number of hydrogen-bond acceptors (Lipinski definition) is 6. The van der Waals surface area contributed by atoms with Crippen LogP contribution < -0.4 is 5.73 Å². The van der Waals surface area contributed by atoms with Crippen molar-refractivity contribution in [3.63, 3.8) is 0 Å². The van der Waals surface area contributed by atoms with Crippen molar-refractivity contribution in [2.75, 3.05) is 13.7 Å². The second-order valence-corrected chi connectivity index (χ2v) is 4.42. The maximum absolute atomic E-state index is 11.6. The van der Waals surface area contributed by atoms with Crippen LogP contribution in [0.4, 0.5) is 0 Å². The Morgan fingerprint density at radius 2 is 2.62 bits per heavy atom. The summed E-state index contributed by atoms with van der Waals surface area (Å²) in [6, 6.07) is 3.85. The number of carbonyl (C=O) groups is 1. The minimum atomic E-state index is -1.14. The van der Waals surface area contributed by atoms with Crippen LogP contribution in [0.25, 0.3) is 0 Å². The summed E-state index contributed by atoms with van der Waals surface area (Å²) in [5, 5.41) is 5.86. The minimum Gasteiger partial charge on any atom is -0.466 e. The fraction of sp³-hybridized carbons (Fsp3) is 0.400. The molecule has 0 aromatic carbocycles. The highest BCUT2D eigenvalue weighted by Gasteiger charge is 2.47. The van der Waals surface area contributed by atoms with E-state index in [1.807, 2.05) is 17.5 Å². The molecule has 0 aliphatic carbocycles. The van der Waals surface area contributed by atoms with Crippen LogP contribution in [0.15, 0.2) is 22.7 Å². The minimum absolute atomic E-state index is 0.0536. The fourth-order valence-electron chi connectivity index (χ4n) is 1.54. The number of hydrogen-bond donors (Lipinski definition) is 1. The normalized spacial score (nSPS) is 23.8. The summed E-state index contributed by atoms with van der Waals surface area (Å²) in [5.74, 6) is -0.481. The smallest absolute Gasteiger partial charge is 0.354 e. The van der Waals surface area contributed by atoms with E-state index < -0.39 is 11.6 Å². The summed E-state index contributed by atoms with van der Waals surface area (Å²) in [6.07, 6.45) is 0.358. The highest BCUT2D eigenvalue weighted by molar-refractivity contribution is 7.12. The Balaban J connectivity index is 2.18. The average Bonchev–Trinajstić information content (AvgIpc) is 2.96. The van der Waals surface area contributed by atoms with Crippen molar-refractivity contribution in [1.29, 1.82) is 0 Å². The number of methoxy groups -OCH3 is 1. The van der Waals surface area contributed by atoms with Crippen molar-refractivity contribution < 1.29 is 14.4 Å². The molecule has 0 saturated carbocycles. The third-order valence-corrected chi connectivity index (χ3v) is 3.40. The van der Waals surface area contributed by atoms with Gasteiger partial charge in [0.15, 0.2) is 0 Å². The Morgan fingerprint density at radius 3 is 3.19 bits per heavy atom. The van der Waals surface area contributed by atoms with Gasteiger partial charge in [-0.3, -0.25) is 0 Å². The zero-order valence-electron chi connectivity index (χ0n) is 8.80. The predicted molar refractivity (Wildman–Crippen MR) is 60.4 cm³/mol. The topological polar surface area (TPSA) is 73.9 Å². The summed E-state index contributed by atoms with van der Waals surface area (Å²) in [6.45, 7) is 0.0536. The van der Waals surface area contributed by atoms with Gasteiger partial charge in [0, 0.05) is 13.0 Å². The second-order valence-electron chi connectivity index (χ2n) is 3.47. The zero-order chi connectivity index (χ0) is 11.6. The van der Waals surface area contributed by atoms with Crippen LogP contribution in [0.3, 0.4) is 0 Å². The monoisotopic (exact) mass is 240 g/mol. The van der Waals surface area contributed by atoms with E-state index in [2.05, 4.69) is 9.89 Å². The van der Waals surface area contributed by atoms with Crippen molar-refractivity contribution in [3.05, 3.63) is 22.4 Å². The lowest BCUT2D eigenvalue weighted by Gasteiger charge is -2.20. The SMILES string of the molecule is COC(=O)C1(CN)CC(c2cccs2)=NO1. The molecule has 2 heterocycles. The molecule has 1 aromatic rings. The predicted octanol–water partition coefficient (Wildman–Crippen LogP) is 0.743. The largest absolute Gasteiger partial charge is 0.466 e. The molecule has 0 fully saturated rings. The molecular weight excluding hydrogens is 228 g/mol. The van der Waals surface area contributed by atoms with Gasteiger partial charge in [0.2, 0.25) is 0 Å². The molecule has 1 aliphatic heterocycles. The van der Waals surface area contributed by atoms with E-state index in [1.54, 1.807) is 11.3 Å². The maximum Gasteiger partial charge on any atom is 0.354 e. The molecular formula is C10H12N2O3S. The van der Waals surface area contributed by atoms with Crippen molar-refractivity contribution in [2.45, 2.75) is 12.0 Å². The van der Waals surface area contributed by atoms with Gasteiger partial charge in [-0.1, -0.05) is 11.2 Å². The van der Waals surface area contributed by atoms with Gasteiger partial charge in [0.1, 0.15) is 5.71 Å². The fourth-order valence-corrected chi connectivity index (χ4v) is 2.25. The molecule has 6 heteroatoms. The van der Waals surface area contributed by atoms with E-state index in [0.29, 0.717) is 6.42 Å². The molecule has 1 atom stereocenters. The Hall–Kier alpha value is -1.40. The first kappa shape index (κ1) is 11.1. The molecule has 5 nitrogen and oxygen atoms in total. The number of ether oxygens (including phenoxy) is 1. The first-order valence-electron chi connectivity index (χ1n) is 4.79. The molecule has 16 heavy (non-hydrogen) atoms. The van der Waals surface area contributed by atoms with E-state index in [4.69, 9.17) is 10.6 Å². The first-order valence-corrected chi connectivity index (χ1v) is 5.67. The van der Waals surface area contributed by atoms with Gasteiger partial charge in [-0.25, -0.2) is 4.79 Å². The third kappa shape index (κ3) is 1.70. The molecule has 0 saturated heterocycles. The van der Waals surface area contributed by atoms with E-state index in [1.165, 1.54) is 7.11 Å². The van der Waals surface area contributed by atoms with Crippen LogP contribution in [-0.2, 0) is 14.4 Å². The standard InChI is InChI=1S/C10H12N2O3S/c1-14-9(13)10(6-11)5-7(12-15-10)8-3-2-4-16-8/h2-4H,5-6,11H2,1H3. The van der Waals surface area contributed by atoms with Crippen LogP contribution in [0.2, 0.25) is 0 Å². The van der Waals surface area contributed by atoms with Crippen molar-refractivity contribution >= 4 is 23.0 Å². The maximum atomic E-state index is 11.6. The molecule has 1 aromatic heterocycles. The van der Waals surface area contributed by atoms with Crippen LogP contribution in [0.5, 0.6) is 0 Å². The van der Waals surface area contributed by atoms with Gasteiger partial charge in [-0.2, -0.15) is 0 Å². The van der Waals surface area contributed by atoms with E-state index in [-0.39, 0.29) is 6.54 Å². The Labute approximate surface area is 96.8 Å². The molecule has 0 spiro atoms. The van der Waals surface area contributed by atoms with Crippen LogP contribution in [0.1, 0.15) is 11.3 Å². The zero-order valence-corrected chi connectivity index (χ0v) is 9.62. The average molecular weight is 240 g/mol. The lowest BCUT2D eigenvalue weighted by Crippen LogP contribution is -2.46. The summed E-state index contributed by atoms with van der Waals surface area (Å²) in [7, 11) is 1.31. The summed E-state index contributed by atoms with van der Waals surface area (Å²) in [5.41, 5.74) is 5.16. The number of nitrogens with zero attached hydrogens (tertiary/aromatic N) is 1. The van der Waals surface area contributed by atoms with Gasteiger partial charge in [-0.15, -0.1) is 11.3 Å². The lowest BCUT2D eigenvalue weighted by atomic mass is 9.97. The summed E-state index contributed by atoms with van der Waals surface area (Å²) in [4.78, 5) is 17.7. The van der Waals surface area contributed by atoms with Gasteiger partial charge >= 0.3 is 5.97 Å². The van der Waals surface area contributed by atoms with Crippen LogP contribution in [-0.4, -0.2) is 30.9 Å². The van der Waals surface area contributed by atoms with Crippen molar-refractivity contribution in [1.82, 2.24) is 0 Å². The Kier molecular flexibility index (Phi) is 2.93. The number of thiophene rings is 1. The molecule has 86 valence electrons. The van der Waals surface area contributed by atoms with E-state index in [0.717, 1.165) is 10.6 Å². The highest BCUT2D eigenvalue weighted by Crippen LogP contribution is 2.28. The van der Waals surface area contributed by atoms with E-state index in [9.17, 15) is 4.79 Å². The van der Waals surface area contributed by atoms with Gasteiger partial charge in [0.25, 0.3) is 5.60 Å². The Bertz CT molecular complexity index is 416. The van der Waals surface area contributed by atoms with Crippen LogP contribution in [0, 0.1) is 0 Å². The third-order valence-electron chi connectivity index (χ3n) is 2.48. The second kappa shape index (κ2) is 4.23. The molecule has 2 rings (SSSR count).